The fraction of sp³-hybridized carbons (Fsp3) is 0.107. The van der Waals surface area contributed by atoms with Crippen LogP contribution in [-0.4, -0.2) is 18.0 Å². The van der Waals surface area contributed by atoms with Gasteiger partial charge in [0.15, 0.2) is 0 Å². The molecule has 7 aromatic carbocycles. The van der Waals surface area contributed by atoms with Gasteiger partial charge in [0.2, 0.25) is 0 Å². The van der Waals surface area contributed by atoms with Crippen molar-refractivity contribution in [1.29, 1.82) is 0 Å². The van der Waals surface area contributed by atoms with Crippen LogP contribution in [0.4, 0.5) is 0 Å². The van der Waals surface area contributed by atoms with Gasteiger partial charge in [-0.25, -0.2) is 0 Å². The molecule has 3 aliphatic rings. The number of rotatable bonds is 7. The first-order valence-corrected chi connectivity index (χ1v) is 23.7. The smallest absolute Gasteiger partial charge is 0.366 e. The molecule has 10 rings (SSSR count). The Morgan fingerprint density at radius 3 is 1.33 bits per heavy atom. The van der Waals surface area contributed by atoms with E-state index in [-0.39, 0.29) is 44.8 Å². The molecule has 0 aromatic heterocycles. The van der Waals surface area contributed by atoms with Gasteiger partial charge in [-0.05, 0) is 77.6 Å². The molecular formula is C56H46Au2P2+2. The predicted octanol–water partition coefficient (Wildman–Crippen LogP) is 11.7. The predicted molar refractivity (Wildman–Crippen MR) is 253 cm³/mol. The summed E-state index contributed by atoms with van der Waals surface area (Å²) < 4.78 is 0. The molecule has 0 spiro atoms. The number of hydrogen-bond donors (Lipinski definition) is 0. The maximum atomic E-state index is 7.30. The van der Waals surface area contributed by atoms with Crippen molar-refractivity contribution in [3.05, 3.63) is 246 Å². The Morgan fingerprint density at radius 1 is 0.450 bits per heavy atom. The number of allylic oxidation sites excluding steroid dienone is 4. The number of benzene rings is 7. The molecule has 0 fully saturated rings. The second-order valence-corrected chi connectivity index (χ2v) is 20.3. The van der Waals surface area contributed by atoms with Gasteiger partial charge < -0.3 is 12.8 Å². The van der Waals surface area contributed by atoms with Gasteiger partial charge in [0, 0.05) is 14.3 Å². The van der Waals surface area contributed by atoms with Gasteiger partial charge in [-0.1, -0.05) is 168 Å². The van der Waals surface area contributed by atoms with Crippen LogP contribution in [0.15, 0.2) is 200 Å². The van der Waals surface area contributed by atoms with E-state index in [1.807, 2.05) is 24.3 Å². The Balaban J connectivity index is 0.000000160. The van der Waals surface area contributed by atoms with Crippen LogP contribution in [0.5, 0.6) is 0 Å². The molecule has 0 amide bonds. The third-order valence-corrected chi connectivity index (χ3v) is 17.9. The summed E-state index contributed by atoms with van der Waals surface area (Å²) >= 11 is 0. The van der Waals surface area contributed by atoms with E-state index in [9.17, 15) is 0 Å². The summed E-state index contributed by atoms with van der Waals surface area (Å²) in [7, 11) is -1.40. The normalized spacial score (nSPS) is 13.8. The minimum atomic E-state index is -0.756. The van der Waals surface area contributed by atoms with Crippen LogP contribution >= 0.6 is 15.8 Å². The molecule has 2 unspecified atom stereocenters. The van der Waals surface area contributed by atoms with E-state index in [1.165, 1.54) is 73.9 Å². The molecular weight excluding hydrogens is 1130 g/mol. The maximum absolute atomic E-state index is 7.30. The van der Waals surface area contributed by atoms with Crippen LogP contribution in [0.2, 0.25) is 0 Å². The van der Waals surface area contributed by atoms with E-state index in [4.69, 9.17) is 12.8 Å². The Bertz CT molecular complexity index is 2490. The van der Waals surface area contributed by atoms with E-state index < -0.39 is 15.8 Å². The summed E-state index contributed by atoms with van der Waals surface area (Å²) in [5.41, 5.74) is 12.8. The Hall–Kier alpha value is -4.52. The SMILES string of the molecule is C1=CCC([PH+](CC[PH+](c2ccccc2)c2ccccc2)c2ccccc2)C=C1.[Au+].[Au+].[C-]#Cc1cccc2c1-c1ccccc1C2.[C-]#Cc1cccc2c1-c1ccccc1C2. The van der Waals surface area contributed by atoms with Crippen LogP contribution in [0.25, 0.3) is 22.3 Å². The van der Waals surface area contributed by atoms with Crippen LogP contribution in [0.1, 0.15) is 39.8 Å². The van der Waals surface area contributed by atoms with Crippen molar-refractivity contribution in [1.82, 2.24) is 0 Å². The maximum Gasteiger partial charge on any atom is 1.00 e. The van der Waals surface area contributed by atoms with Gasteiger partial charge in [-0.15, -0.1) is 23.3 Å². The molecule has 0 saturated heterocycles. The van der Waals surface area contributed by atoms with Crippen molar-refractivity contribution in [2.24, 2.45) is 0 Å². The van der Waals surface area contributed by atoms with E-state index in [0.29, 0.717) is 5.66 Å². The Morgan fingerprint density at radius 2 is 0.883 bits per heavy atom. The first kappa shape index (κ1) is 45.0. The van der Waals surface area contributed by atoms with Gasteiger partial charge in [-0.3, -0.25) is 11.8 Å². The average Bonchev–Trinajstić information content (AvgIpc) is 3.88. The van der Waals surface area contributed by atoms with Gasteiger partial charge in [0.05, 0.1) is 35.7 Å². The molecule has 0 aliphatic heterocycles. The Kier molecular flexibility index (Phi) is 16.8. The molecule has 4 heteroatoms. The molecule has 60 heavy (non-hydrogen) atoms. The molecule has 0 N–H and O–H groups in total. The second kappa shape index (κ2) is 22.4. The second-order valence-electron chi connectivity index (χ2n) is 14.9. The first-order chi connectivity index (χ1) is 28.7. The number of hydrogen-bond acceptors (Lipinski definition) is 0. The molecule has 2 atom stereocenters. The molecule has 7 aromatic rings. The van der Waals surface area contributed by atoms with Crippen molar-refractivity contribution in [2.45, 2.75) is 24.9 Å². The fourth-order valence-corrected chi connectivity index (χ4v) is 15.3. The zero-order valence-corrected chi connectivity index (χ0v) is 39.6. The summed E-state index contributed by atoms with van der Waals surface area (Å²) in [6, 6.07) is 62.6. The molecule has 0 saturated carbocycles. The first-order valence-electron chi connectivity index (χ1n) is 20.2. The van der Waals surface area contributed by atoms with Crippen LogP contribution in [0, 0.1) is 24.7 Å². The molecule has 0 radical (unpaired) electrons. The minimum absolute atomic E-state index is 0. The van der Waals surface area contributed by atoms with Crippen molar-refractivity contribution < 1.29 is 44.8 Å². The zero-order valence-electron chi connectivity index (χ0n) is 33.3. The minimum Gasteiger partial charge on any atom is -0.366 e. The van der Waals surface area contributed by atoms with Crippen LogP contribution < -0.4 is 15.9 Å². The van der Waals surface area contributed by atoms with E-state index in [0.717, 1.165) is 24.0 Å². The van der Waals surface area contributed by atoms with Gasteiger partial charge in [0.25, 0.3) is 0 Å². The molecule has 0 bridgehead atoms. The van der Waals surface area contributed by atoms with Crippen LogP contribution in [-0.2, 0) is 57.6 Å². The van der Waals surface area contributed by atoms with Gasteiger partial charge >= 0.3 is 44.8 Å². The standard InChI is InChI=1S/C26H26P2.2C15H9.2Au/c1-5-13-23(14-6-1)27(24-15-7-2-8-16-24)21-22-28(25-17-9-3-10-18-25)26-19-11-4-12-20-26;2*1-2-11-7-5-8-13-10-12-6-3-4-9-14(12)15(11)13;;/h1-19,26H,20-22H2;2*3-9H,10H2;;/q;2*-1;2*+1/p+2. The van der Waals surface area contributed by atoms with E-state index >= 15 is 0 Å². The zero-order chi connectivity index (χ0) is 39.5. The van der Waals surface area contributed by atoms with Crippen molar-refractivity contribution in [3.8, 4) is 34.1 Å². The summed E-state index contributed by atoms with van der Waals surface area (Å²) in [5, 5.41) is 4.65. The third kappa shape index (κ3) is 10.5. The quantitative estimate of drug-likeness (QED) is 0.0646. The van der Waals surface area contributed by atoms with Crippen molar-refractivity contribution >= 4 is 31.8 Å². The average molecular weight is 1170 g/mol. The third-order valence-electron chi connectivity index (χ3n) is 11.4. The number of fused-ring (bicyclic) bond motifs is 6. The van der Waals surface area contributed by atoms with Crippen molar-refractivity contribution in [2.75, 3.05) is 12.3 Å². The molecule has 300 valence electrons. The van der Waals surface area contributed by atoms with Crippen molar-refractivity contribution in [3.63, 3.8) is 0 Å². The summed E-state index contributed by atoms with van der Waals surface area (Å²) in [4.78, 5) is 0. The summed E-state index contributed by atoms with van der Waals surface area (Å²) in [6.07, 6.45) is 29.7. The molecule has 0 heterocycles. The van der Waals surface area contributed by atoms with E-state index in [2.05, 4.69) is 188 Å². The largest absolute Gasteiger partial charge is 1.00 e. The molecule has 3 aliphatic carbocycles. The van der Waals surface area contributed by atoms with E-state index in [1.54, 1.807) is 5.30 Å². The van der Waals surface area contributed by atoms with Crippen LogP contribution in [0.3, 0.4) is 0 Å². The Labute approximate surface area is 391 Å². The fourth-order valence-electron chi connectivity index (χ4n) is 8.62. The topological polar surface area (TPSA) is 0 Å². The van der Waals surface area contributed by atoms with Gasteiger partial charge in [0.1, 0.15) is 6.16 Å². The summed E-state index contributed by atoms with van der Waals surface area (Å²) in [6.45, 7) is 0. The summed E-state index contributed by atoms with van der Waals surface area (Å²) in [5.74, 6) is 5.04. The monoisotopic (exact) mass is 1170 g/mol. The molecule has 0 nitrogen and oxygen atoms in total. The van der Waals surface area contributed by atoms with Gasteiger partial charge in [-0.2, -0.15) is 0 Å².